The number of benzene rings is 3. The first-order chi connectivity index (χ1) is 18.4. The molecule has 3 aromatic carbocycles. The SMILES string of the molecule is CCCCN(C(=O)C(C)NC(=O)OC(C)(C)C)C(C(=O)Nc1ccc2ccccc2c1)c1ccc(C)cc1C. The van der Waals surface area contributed by atoms with E-state index in [1.165, 1.54) is 0 Å². The zero-order valence-corrected chi connectivity index (χ0v) is 24.1. The lowest BCUT2D eigenvalue weighted by molar-refractivity contribution is -0.140. The number of fused-ring (bicyclic) bond motifs is 1. The van der Waals surface area contributed by atoms with E-state index in [1.807, 2.05) is 81.4 Å². The van der Waals surface area contributed by atoms with E-state index in [2.05, 4.69) is 10.6 Å². The third-order valence-corrected chi connectivity index (χ3v) is 6.44. The number of hydrogen-bond acceptors (Lipinski definition) is 4. The van der Waals surface area contributed by atoms with Crippen molar-refractivity contribution in [2.75, 3.05) is 11.9 Å². The fourth-order valence-electron chi connectivity index (χ4n) is 4.55. The molecule has 0 fully saturated rings. The van der Waals surface area contributed by atoms with Crippen LogP contribution in [0.1, 0.15) is 70.2 Å². The van der Waals surface area contributed by atoms with E-state index >= 15 is 0 Å². The van der Waals surface area contributed by atoms with Gasteiger partial charge in [0.15, 0.2) is 0 Å². The molecule has 7 nitrogen and oxygen atoms in total. The van der Waals surface area contributed by atoms with Crippen molar-refractivity contribution in [1.82, 2.24) is 10.2 Å². The van der Waals surface area contributed by atoms with Crippen LogP contribution in [0.4, 0.5) is 10.5 Å². The minimum Gasteiger partial charge on any atom is -0.444 e. The van der Waals surface area contributed by atoms with Crippen molar-refractivity contribution in [3.8, 4) is 0 Å². The highest BCUT2D eigenvalue weighted by Gasteiger charge is 2.35. The highest BCUT2D eigenvalue weighted by atomic mass is 16.6. The standard InChI is InChI=1S/C32H41N3O4/c1-8-9-18-35(30(37)23(4)33-31(38)39-32(5,6)7)28(27-17-14-21(2)19-22(27)3)29(36)34-26-16-15-24-12-10-11-13-25(24)20-26/h10-17,19-20,23,28H,8-9,18H2,1-7H3,(H,33,38)(H,34,36). The van der Waals surface area contributed by atoms with Crippen LogP contribution in [0.15, 0.2) is 60.7 Å². The first-order valence-corrected chi connectivity index (χ1v) is 13.6. The van der Waals surface area contributed by atoms with Crippen molar-refractivity contribution in [1.29, 1.82) is 0 Å². The Balaban J connectivity index is 1.98. The molecule has 2 N–H and O–H groups in total. The van der Waals surface area contributed by atoms with Crippen LogP contribution in [0.2, 0.25) is 0 Å². The van der Waals surface area contributed by atoms with Gasteiger partial charge in [-0.05, 0) is 82.0 Å². The Kier molecular flexibility index (Phi) is 9.73. The molecular formula is C32H41N3O4. The molecule has 208 valence electrons. The maximum absolute atomic E-state index is 14.0. The number of aryl methyl sites for hydroxylation is 2. The predicted molar refractivity (Wildman–Crippen MR) is 157 cm³/mol. The summed E-state index contributed by atoms with van der Waals surface area (Å²) in [5.41, 5.74) is 2.67. The third kappa shape index (κ3) is 8.06. The van der Waals surface area contributed by atoms with E-state index in [1.54, 1.807) is 32.6 Å². The van der Waals surface area contributed by atoms with Gasteiger partial charge in [-0.1, -0.05) is 67.4 Å². The number of nitrogens with zero attached hydrogens (tertiary/aromatic N) is 1. The van der Waals surface area contributed by atoms with Crippen LogP contribution >= 0.6 is 0 Å². The lowest BCUT2D eigenvalue weighted by atomic mass is 9.96. The first-order valence-electron chi connectivity index (χ1n) is 13.6. The smallest absolute Gasteiger partial charge is 0.408 e. The Labute approximate surface area is 231 Å². The third-order valence-electron chi connectivity index (χ3n) is 6.44. The maximum Gasteiger partial charge on any atom is 0.408 e. The predicted octanol–water partition coefficient (Wildman–Crippen LogP) is 6.68. The molecule has 0 saturated carbocycles. The molecule has 7 heteroatoms. The van der Waals surface area contributed by atoms with Crippen LogP contribution < -0.4 is 10.6 Å². The molecule has 0 radical (unpaired) electrons. The van der Waals surface area contributed by atoms with Gasteiger partial charge in [0, 0.05) is 12.2 Å². The normalized spacial score (nSPS) is 12.9. The molecule has 0 aliphatic rings. The molecule has 0 aromatic heterocycles. The van der Waals surface area contributed by atoms with Gasteiger partial charge in [-0.15, -0.1) is 0 Å². The molecule has 2 unspecified atom stereocenters. The summed E-state index contributed by atoms with van der Waals surface area (Å²) < 4.78 is 5.36. The number of alkyl carbamates (subject to hydrolysis) is 1. The van der Waals surface area contributed by atoms with E-state index < -0.39 is 23.8 Å². The van der Waals surface area contributed by atoms with Crippen molar-refractivity contribution in [2.24, 2.45) is 0 Å². The molecule has 0 bridgehead atoms. The van der Waals surface area contributed by atoms with E-state index in [9.17, 15) is 14.4 Å². The van der Waals surface area contributed by atoms with E-state index in [0.29, 0.717) is 18.7 Å². The van der Waals surface area contributed by atoms with Crippen LogP contribution in [0, 0.1) is 13.8 Å². The lowest BCUT2D eigenvalue weighted by Crippen LogP contribution is -2.51. The van der Waals surface area contributed by atoms with Crippen LogP contribution in [0.5, 0.6) is 0 Å². The molecule has 0 saturated heterocycles. The molecular weight excluding hydrogens is 490 g/mol. The average Bonchev–Trinajstić information content (AvgIpc) is 2.85. The summed E-state index contributed by atoms with van der Waals surface area (Å²) in [7, 11) is 0. The summed E-state index contributed by atoms with van der Waals surface area (Å²) >= 11 is 0. The van der Waals surface area contributed by atoms with Crippen LogP contribution in [-0.4, -0.2) is 41.0 Å². The quantitative estimate of drug-likeness (QED) is 0.322. The van der Waals surface area contributed by atoms with E-state index in [0.717, 1.165) is 33.9 Å². The van der Waals surface area contributed by atoms with Gasteiger partial charge >= 0.3 is 6.09 Å². The van der Waals surface area contributed by atoms with Crippen molar-refractivity contribution in [3.05, 3.63) is 77.4 Å². The summed E-state index contributed by atoms with van der Waals surface area (Å²) in [5, 5.41) is 7.78. The molecule has 3 rings (SSSR count). The molecule has 0 aliphatic heterocycles. The zero-order valence-electron chi connectivity index (χ0n) is 24.1. The van der Waals surface area contributed by atoms with Gasteiger partial charge < -0.3 is 20.3 Å². The molecule has 2 atom stereocenters. The summed E-state index contributed by atoms with van der Waals surface area (Å²) in [4.78, 5) is 41.9. The topological polar surface area (TPSA) is 87.7 Å². The number of amides is 3. The number of unbranched alkanes of at least 4 members (excludes halogenated alkanes) is 1. The van der Waals surface area contributed by atoms with Gasteiger partial charge in [0.25, 0.3) is 5.91 Å². The van der Waals surface area contributed by atoms with Crippen molar-refractivity contribution in [2.45, 2.75) is 79.0 Å². The Hall–Kier alpha value is -3.87. The largest absolute Gasteiger partial charge is 0.444 e. The lowest BCUT2D eigenvalue weighted by Gasteiger charge is -2.34. The summed E-state index contributed by atoms with van der Waals surface area (Å²) in [6.45, 7) is 13.2. The first kappa shape index (κ1) is 29.7. The number of rotatable bonds is 9. The minimum atomic E-state index is -0.890. The summed E-state index contributed by atoms with van der Waals surface area (Å²) in [5.74, 6) is -0.667. The molecule has 3 aromatic rings. The number of ether oxygens (including phenoxy) is 1. The van der Waals surface area contributed by atoms with Crippen LogP contribution in [0.3, 0.4) is 0 Å². The maximum atomic E-state index is 14.0. The number of carbonyl (C=O) groups excluding carboxylic acids is 3. The second kappa shape index (κ2) is 12.8. The Bertz CT molecular complexity index is 1330. The van der Waals surface area contributed by atoms with Crippen LogP contribution in [0.25, 0.3) is 10.8 Å². The Morgan fingerprint density at radius 1 is 0.949 bits per heavy atom. The number of anilines is 1. The Morgan fingerprint density at radius 3 is 2.28 bits per heavy atom. The van der Waals surface area contributed by atoms with E-state index in [-0.39, 0.29) is 11.8 Å². The molecule has 0 heterocycles. The van der Waals surface area contributed by atoms with Gasteiger partial charge in [0.05, 0.1) is 0 Å². The average molecular weight is 532 g/mol. The van der Waals surface area contributed by atoms with Gasteiger partial charge in [-0.25, -0.2) is 4.79 Å². The van der Waals surface area contributed by atoms with Crippen molar-refractivity contribution < 1.29 is 19.1 Å². The molecule has 39 heavy (non-hydrogen) atoms. The van der Waals surface area contributed by atoms with Gasteiger partial charge in [-0.2, -0.15) is 0 Å². The number of nitrogens with one attached hydrogen (secondary N) is 2. The van der Waals surface area contributed by atoms with Crippen molar-refractivity contribution in [3.63, 3.8) is 0 Å². The highest BCUT2D eigenvalue weighted by Crippen LogP contribution is 2.29. The van der Waals surface area contributed by atoms with Crippen molar-refractivity contribution >= 4 is 34.4 Å². The fraction of sp³-hybridized carbons (Fsp3) is 0.406. The molecule has 3 amide bonds. The second-order valence-electron chi connectivity index (χ2n) is 11.1. The highest BCUT2D eigenvalue weighted by molar-refractivity contribution is 6.00. The summed E-state index contributed by atoms with van der Waals surface area (Å²) in [6.07, 6.45) is 0.863. The monoisotopic (exact) mass is 531 g/mol. The second-order valence-corrected chi connectivity index (χ2v) is 11.1. The number of hydrogen-bond donors (Lipinski definition) is 2. The van der Waals surface area contributed by atoms with Crippen LogP contribution in [-0.2, 0) is 14.3 Å². The summed E-state index contributed by atoms with van der Waals surface area (Å²) in [6, 6.07) is 17.8. The molecule has 0 spiro atoms. The minimum absolute atomic E-state index is 0.314. The van der Waals surface area contributed by atoms with E-state index in [4.69, 9.17) is 4.74 Å². The Morgan fingerprint density at radius 2 is 1.64 bits per heavy atom. The number of carbonyl (C=O) groups is 3. The van der Waals surface area contributed by atoms with Gasteiger partial charge in [0.2, 0.25) is 5.91 Å². The van der Waals surface area contributed by atoms with Gasteiger partial charge in [0.1, 0.15) is 17.7 Å². The fourth-order valence-corrected chi connectivity index (χ4v) is 4.55. The zero-order chi connectivity index (χ0) is 28.7. The molecule has 0 aliphatic carbocycles. The van der Waals surface area contributed by atoms with Gasteiger partial charge in [-0.3, -0.25) is 9.59 Å².